The van der Waals surface area contributed by atoms with Gasteiger partial charge in [-0.25, -0.2) is 4.79 Å². The first-order valence-corrected chi connectivity index (χ1v) is 8.95. The zero-order valence-electron chi connectivity index (χ0n) is 15.6. The summed E-state index contributed by atoms with van der Waals surface area (Å²) in [7, 11) is 0. The maximum absolute atomic E-state index is 12.1. The number of aldehydes is 1. The van der Waals surface area contributed by atoms with Crippen LogP contribution in [0, 0.1) is 10.8 Å². The zero-order valence-corrected chi connectivity index (χ0v) is 15.6. The number of carboxylic acid groups (broad SMARTS) is 1. The van der Waals surface area contributed by atoms with E-state index in [0.29, 0.717) is 39.1 Å². The summed E-state index contributed by atoms with van der Waals surface area (Å²) in [5.74, 6) is -0.659. The van der Waals surface area contributed by atoms with Gasteiger partial charge in [0.1, 0.15) is 17.6 Å². The van der Waals surface area contributed by atoms with Crippen molar-refractivity contribution in [1.29, 1.82) is 5.41 Å². The molecule has 0 saturated carbocycles. The number of carbonyl (C=O) groups is 2. The van der Waals surface area contributed by atoms with Crippen LogP contribution in [0.2, 0.25) is 0 Å². The van der Waals surface area contributed by atoms with Crippen molar-refractivity contribution in [1.82, 2.24) is 0 Å². The molecule has 0 amide bonds. The summed E-state index contributed by atoms with van der Waals surface area (Å²) in [4.78, 5) is 23.6. The maximum atomic E-state index is 12.1. The van der Waals surface area contributed by atoms with Crippen LogP contribution in [0.25, 0.3) is 27.9 Å². The van der Waals surface area contributed by atoms with Gasteiger partial charge < -0.3 is 25.5 Å². The minimum absolute atomic E-state index is 0.0624. The molecule has 1 unspecified atom stereocenters. The number of aliphatic carboxylic acids is 1. The molecular formula is C23H18N2O4. The largest absolute Gasteiger partial charge is 0.478 e. The van der Waals surface area contributed by atoms with Gasteiger partial charge in [-0.3, -0.25) is 0 Å². The van der Waals surface area contributed by atoms with Crippen LogP contribution in [0.1, 0.15) is 12.5 Å². The van der Waals surface area contributed by atoms with Crippen LogP contribution in [0.5, 0.6) is 0 Å². The van der Waals surface area contributed by atoms with E-state index in [1.807, 2.05) is 0 Å². The van der Waals surface area contributed by atoms with Gasteiger partial charge in [0, 0.05) is 34.3 Å². The number of fused-ring (bicyclic) bond motifs is 2. The summed E-state index contributed by atoms with van der Waals surface area (Å²) < 4.78 is 5.96. The Morgan fingerprint density at radius 2 is 1.93 bits per heavy atom. The highest BCUT2D eigenvalue weighted by molar-refractivity contribution is 6.09. The normalized spacial score (nSPS) is 18.9. The lowest BCUT2D eigenvalue weighted by Gasteiger charge is -2.17. The molecule has 0 bridgehead atoms. The van der Waals surface area contributed by atoms with Crippen LogP contribution in [-0.4, -0.2) is 17.4 Å². The molecule has 4 N–H and O–H groups in total. The summed E-state index contributed by atoms with van der Waals surface area (Å²) in [5, 5.41) is 18.7. The van der Waals surface area contributed by atoms with Crippen molar-refractivity contribution in [2.24, 2.45) is 5.41 Å². The Hall–Kier alpha value is -3.93. The third-order valence-electron chi connectivity index (χ3n) is 5.01. The van der Waals surface area contributed by atoms with Gasteiger partial charge in [0.2, 0.25) is 0 Å². The molecule has 6 heteroatoms. The standard InChI is InChI=1S/C23H18N2O4/c1-23(12-26)8-6-15(16(7-9-23)22(27)28)21-17-4-2-13(24)10-19(17)29-20-11-14(25)3-5-18(20)21/h2-12,24H,25H2,1H3,(H,27,28). The van der Waals surface area contributed by atoms with E-state index < -0.39 is 11.4 Å². The fraction of sp³-hybridized carbons (Fsp3) is 0.0870. The van der Waals surface area contributed by atoms with Gasteiger partial charge in [0.15, 0.2) is 0 Å². The first-order chi connectivity index (χ1) is 13.8. The van der Waals surface area contributed by atoms with Gasteiger partial charge in [-0.05, 0) is 42.8 Å². The minimum atomic E-state index is -1.11. The average molecular weight is 386 g/mol. The van der Waals surface area contributed by atoms with E-state index >= 15 is 0 Å². The molecule has 1 atom stereocenters. The van der Waals surface area contributed by atoms with Crippen LogP contribution >= 0.6 is 0 Å². The predicted octanol–water partition coefficient (Wildman–Crippen LogP) is 3.77. The predicted molar refractivity (Wildman–Crippen MR) is 110 cm³/mol. The van der Waals surface area contributed by atoms with Gasteiger partial charge in [-0.2, -0.15) is 0 Å². The van der Waals surface area contributed by atoms with E-state index in [0.717, 1.165) is 6.29 Å². The van der Waals surface area contributed by atoms with Gasteiger partial charge >= 0.3 is 5.97 Å². The third-order valence-corrected chi connectivity index (χ3v) is 5.01. The molecule has 4 rings (SSSR count). The van der Waals surface area contributed by atoms with Crippen LogP contribution in [0.15, 0.2) is 70.7 Å². The number of benzene rings is 2. The fourth-order valence-corrected chi connectivity index (χ4v) is 3.44. The number of anilines is 1. The monoisotopic (exact) mass is 386 g/mol. The zero-order chi connectivity index (χ0) is 20.8. The molecule has 0 aromatic heterocycles. The highest BCUT2D eigenvalue weighted by Gasteiger charge is 2.26. The number of nitrogen functional groups attached to an aromatic ring is 1. The van der Waals surface area contributed by atoms with Gasteiger partial charge in [-0.15, -0.1) is 0 Å². The van der Waals surface area contributed by atoms with Crippen LogP contribution in [-0.2, 0) is 9.59 Å². The van der Waals surface area contributed by atoms with E-state index in [1.54, 1.807) is 61.5 Å². The molecule has 2 aliphatic carbocycles. The Labute approximate surface area is 166 Å². The lowest BCUT2D eigenvalue weighted by Crippen LogP contribution is -2.10. The number of carboxylic acids is 1. The summed E-state index contributed by atoms with van der Waals surface area (Å²) in [6.45, 7) is 1.71. The molecule has 1 aromatic carbocycles. The fourth-order valence-electron chi connectivity index (χ4n) is 3.44. The van der Waals surface area contributed by atoms with Gasteiger partial charge in [0.05, 0.1) is 16.3 Å². The van der Waals surface area contributed by atoms with E-state index in [9.17, 15) is 14.7 Å². The first kappa shape index (κ1) is 18.4. The quantitative estimate of drug-likeness (QED) is 0.360. The van der Waals surface area contributed by atoms with E-state index in [-0.39, 0.29) is 10.9 Å². The van der Waals surface area contributed by atoms with E-state index in [4.69, 9.17) is 15.6 Å². The summed E-state index contributed by atoms with van der Waals surface area (Å²) >= 11 is 0. The molecule has 0 radical (unpaired) electrons. The van der Waals surface area contributed by atoms with Crippen molar-refractivity contribution in [2.45, 2.75) is 6.92 Å². The molecule has 0 saturated heterocycles. The molecular weight excluding hydrogens is 368 g/mol. The molecule has 1 heterocycles. The van der Waals surface area contributed by atoms with Crippen molar-refractivity contribution in [3.05, 3.63) is 77.2 Å². The number of hydrogen-bond acceptors (Lipinski definition) is 5. The van der Waals surface area contributed by atoms with Crippen molar-refractivity contribution in [3.8, 4) is 11.3 Å². The minimum Gasteiger partial charge on any atom is -0.478 e. The summed E-state index contributed by atoms with van der Waals surface area (Å²) in [5.41, 5.74) is 7.82. The highest BCUT2D eigenvalue weighted by Crippen LogP contribution is 2.41. The topological polar surface area (TPSA) is 117 Å². The highest BCUT2D eigenvalue weighted by atomic mass is 16.4. The molecule has 29 heavy (non-hydrogen) atoms. The second kappa shape index (κ2) is 6.60. The molecule has 0 fully saturated rings. The molecule has 144 valence electrons. The molecule has 1 aliphatic heterocycles. The maximum Gasteiger partial charge on any atom is 0.336 e. The SMILES string of the molecule is CC1(C=O)C=CC(C(=O)O)=C(c2c3ccc(=N)cc-3oc3cc(N)ccc23)C=C1. The Morgan fingerprint density at radius 1 is 1.17 bits per heavy atom. The number of nitrogens with two attached hydrogens (primary N) is 1. The van der Waals surface area contributed by atoms with Crippen molar-refractivity contribution in [3.63, 3.8) is 0 Å². The number of nitrogens with one attached hydrogen (secondary N) is 1. The van der Waals surface area contributed by atoms with Gasteiger partial charge in [0.25, 0.3) is 0 Å². The second-order valence-corrected chi connectivity index (χ2v) is 7.23. The lowest BCUT2D eigenvalue weighted by molar-refractivity contribution is -0.132. The van der Waals surface area contributed by atoms with Crippen molar-refractivity contribution in [2.75, 3.05) is 5.73 Å². The van der Waals surface area contributed by atoms with E-state index in [1.165, 1.54) is 6.08 Å². The molecule has 0 spiro atoms. The number of carbonyl (C=O) groups excluding carboxylic acids is 1. The smallest absolute Gasteiger partial charge is 0.336 e. The van der Waals surface area contributed by atoms with Crippen molar-refractivity contribution >= 4 is 34.5 Å². The van der Waals surface area contributed by atoms with E-state index in [2.05, 4.69) is 0 Å². The number of rotatable bonds is 3. The summed E-state index contributed by atoms with van der Waals surface area (Å²) in [6.07, 6.45) is 7.15. The molecule has 1 aromatic rings. The summed E-state index contributed by atoms with van der Waals surface area (Å²) in [6, 6.07) is 10.1. The Morgan fingerprint density at radius 3 is 2.66 bits per heavy atom. The second-order valence-electron chi connectivity index (χ2n) is 7.23. The van der Waals surface area contributed by atoms with Crippen LogP contribution < -0.4 is 11.1 Å². The van der Waals surface area contributed by atoms with Crippen molar-refractivity contribution < 1.29 is 19.1 Å². The Balaban J connectivity index is 2.17. The first-order valence-electron chi connectivity index (χ1n) is 8.95. The Bertz CT molecular complexity index is 1300. The molecule has 3 aliphatic rings. The Kier molecular flexibility index (Phi) is 4.19. The third kappa shape index (κ3) is 3.14. The lowest BCUT2D eigenvalue weighted by atomic mass is 9.89. The van der Waals surface area contributed by atoms with Crippen LogP contribution in [0.4, 0.5) is 5.69 Å². The number of hydrogen-bond donors (Lipinski definition) is 3. The molecule has 6 nitrogen and oxygen atoms in total. The van der Waals surface area contributed by atoms with Gasteiger partial charge in [-0.1, -0.05) is 18.2 Å². The number of allylic oxidation sites excluding steroid dienone is 4. The average Bonchev–Trinajstić information content (AvgIpc) is 2.85. The van der Waals surface area contributed by atoms with Crippen LogP contribution in [0.3, 0.4) is 0 Å².